The van der Waals surface area contributed by atoms with Crippen LogP contribution in [0.5, 0.6) is 0 Å². The molecule has 1 heterocycles. The fourth-order valence-electron chi connectivity index (χ4n) is 4.45. The molecule has 0 aromatic heterocycles. The Morgan fingerprint density at radius 3 is 2.39 bits per heavy atom. The van der Waals surface area contributed by atoms with Crippen LogP contribution >= 0.6 is 15.9 Å². The van der Waals surface area contributed by atoms with Crippen molar-refractivity contribution in [1.29, 1.82) is 0 Å². The van der Waals surface area contributed by atoms with E-state index in [9.17, 15) is 22.4 Å². The molecule has 7 nitrogen and oxygen atoms in total. The number of amides is 3. The van der Waals surface area contributed by atoms with Crippen molar-refractivity contribution in [3.63, 3.8) is 0 Å². The lowest BCUT2D eigenvalue weighted by atomic mass is 10.1. The Hall–Kier alpha value is -3.24. The van der Waals surface area contributed by atoms with Crippen molar-refractivity contribution in [3.8, 4) is 0 Å². The summed E-state index contributed by atoms with van der Waals surface area (Å²) in [6, 6.07) is 19.2. The van der Waals surface area contributed by atoms with Gasteiger partial charge in [0.2, 0.25) is 5.91 Å². The minimum Gasteiger partial charge on any atom is -0.331 e. The fraction of sp³-hybridized carbons (Fsp3) is 0.286. The molecule has 2 N–H and O–H groups in total. The van der Waals surface area contributed by atoms with Crippen LogP contribution in [0.4, 0.5) is 14.9 Å². The maximum absolute atomic E-state index is 13.8. The number of rotatable bonds is 7. The molecule has 3 aromatic rings. The van der Waals surface area contributed by atoms with Gasteiger partial charge in [0.05, 0.1) is 22.6 Å². The first-order chi connectivity index (χ1) is 18.1. The van der Waals surface area contributed by atoms with Crippen molar-refractivity contribution in [2.75, 3.05) is 18.4 Å². The van der Waals surface area contributed by atoms with Crippen molar-refractivity contribution in [1.82, 2.24) is 10.2 Å². The first-order valence-electron chi connectivity index (χ1n) is 12.3. The van der Waals surface area contributed by atoms with E-state index in [1.54, 1.807) is 65.6 Å². The summed E-state index contributed by atoms with van der Waals surface area (Å²) < 4.78 is 40.6. The molecule has 3 aromatic carbocycles. The van der Waals surface area contributed by atoms with E-state index in [0.717, 1.165) is 10.0 Å². The molecule has 1 saturated heterocycles. The maximum Gasteiger partial charge on any atom is 0.317 e. The van der Waals surface area contributed by atoms with Gasteiger partial charge in [-0.25, -0.2) is 17.6 Å². The minimum absolute atomic E-state index is 0.0866. The monoisotopic (exact) mass is 601 g/mol. The molecule has 3 amide bonds. The van der Waals surface area contributed by atoms with E-state index in [1.807, 2.05) is 13.0 Å². The molecule has 1 aliphatic heterocycles. The lowest BCUT2D eigenvalue weighted by Gasteiger charge is -2.32. The van der Waals surface area contributed by atoms with Gasteiger partial charge in [-0.3, -0.25) is 4.79 Å². The van der Waals surface area contributed by atoms with Gasteiger partial charge in [0, 0.05) is 23.2 Å². The highest BCUT2D eigenvalue weighted by atomic mass is 79.9. The van der Waals surface area contributed by atoms with Crippen LogP contribution in [-0.4, -0.2) is 43.6 Å². The molecule has 1 unspecified atom stereocenters. The molecular formula is C28H29BrFN3O4S. The highest BCUT2D eigenvalue weighted by molar-refractivity contribution is 9.10. The van der Waals surface area contributed by atoms with Crippen LogP contribution in [-0.2, 0) is 21.1 Å². The predicted molar refractivity (Wildman–Crippen MR) is 148 cm³/mol. The summed E-state index contributed by atoms with van der Waals surface area (Å²) in [5.41, 5.74) is 1.65. The molecule has 0 saturated carbocycles. The largest absolute Gasteiger partial charge is 0.331 e. The molecule has 0 bridgehead atoms. The van der Waals surface area contributed by atoms with Crippen molar-refractivity contribution in [2.45, 2.75) is 42.4 Å². The van der Waals surface area contributed by atoms with Gasteiger partial charge in [-0.1, -0.05) is 46.3 Å². The Labute approximate surface area is 230 Å². The van der Waals surface area contributed by atoms with Crippen molar-refractivity contribution in [2.24, 2.45) is 0 Å². The van der Waals surface area contributed by atoms with E-state index in [-0.39, 0.29) is 29.3 Å². The van der Waals surface area contributed by atoms with E-state index in [0.29, 0.717) is 37.2 Å². The fourth-order valence-corrected chi connectivity index (χ4v) is 6.45. The second-order valence-electron chi connectivity index (χ2n) is 9.30. The number of halogens is 2. The Morgan fingerprint density at radius 2 is 1.71 bits per heavy atom. The summed E-state index contributed by atoms with van der Waals surface area (Å²) in [7, 11) is -3.47. The topological polar surface area (TPSA) is 95.6 Å². The molecule has 1 fully saturated rings. The predicted octanol–water partition coefficient (Wildman–Crippen LogP) is 5.48. The summed E-state index contributed by atoms with van der Waals surface area (Å²) in [4.78, 5) is 27.2. The third kappa shape index (κ3) is 6.79. The zero-order valence-corrected chi connectivity index (χ0v) is 23.3. The normalized spacial score (nSPS) is 15.1. The summed E-state index contributed by atoms with van der Waals surface area (Å²) in [5.74, 6) is -0.771. The molecule has 0 radical (unpaired) electrons. The van der Waals surface area contributed by atoms with Crippen LogP contribution in [0.25, 0.3) is 0 Å². The number of hydrogen-bond donors (Lipinski definition) is 2. The zero-order chi connectivity index (χ0) is 27.3. The number of sulfone groups is 1. The number of carbonyl (C=O) groups excluding carboxylic acids is 2. The Bertz CT molecular complexity index is 1410. The van der Waals surface area contributed by atoms with Crippen molar-refractivity contribution < 1.29 is 22.4 Å². The first-order valence-corrected chi connectivity index (χ1v) is 14.7. The van der Waals surface area contributed by atoms with E-state index in [2.05, 4.69) is 26.6 Å². The molecule has 0 spiro atoms. The van der Waals surface area contributed by atoms with Gasteiger partial charge in [-0.2, -0.15) is 0 Å². The van der Waals surface area contributed by atoms with Crippen LogP contribution in [0.3, 0.4) is 0 Å². The highest BCUT2D eigenvalue weighted by Crippen LogP contribution is 2.26. The molecule has 4 rings (SSSR count). The number of anilines is 1. The number of urea groups is 1. The third-order valence-electron chi connectivity index (χ3n) is 6.63. The summed E-state index contributed by atoms with van der Waals surface area (Å²) in [5, 5.41) is 5.20. The van der Waals surface area contributed by atoms with Gasteiger partial charge in [-0.05, 0) is 73.4 Å². The maximum atomic E-state index is 13.8. The number of hydrogen-bond acceptors (Lipinski definition) is 4. The van der Waals surface area contributed by atoms with Gasteiger partial charge >= 0.3 is 6.03 Å². The number of nitrogens with one attached hydrogen (secondary N) is 2. The Balaban J connectivity index is 1.31. The molecule has 38 heavy (non-hydrogen) atoms. The summed E-state index contributed by atoms with van der Waals surface area (Å²) >= 11 is 3.32. The van der Waals surface area contributed by atoms with Crippen LogP contribution in [0.2, 0.25) is 0 Å². The van der Waals surface area contributed by atoms with Gasteiger partial charge in [0.25, 0.3) is 0 Å². The van der Waals surface area contributed by atoms with Gasteiger partial charge in [0.1, 0.15) is 5.82 Å². The van der Waals surface area contributed by atoms with Crippen LogP contribution < -0.4 is 10.6 Å². The number of carbonyl (C=O) groups is 2. The van der Waals surface area contributed by atoms with Gasteiger partial charge in [-0.15, -0.1) is 0 Å². The van der Waals surface area contributed by atoms with Crippen LogP contribution in [0, 0.1) is 5.82 Å². The molecule has 10 heteroatoms. The number of piperidine rings is 1. The Morgan fingerprint density at radius 1 is 1.03 bits per heavy atom. The second-order valence-corrected chi connectivity index (χ2v) is 12.4. The molecule has 1 atom stereocenters. The smallest absolute Gasteiger partial charge is 0.317 e. The van der Waals surface area contributed by atoms with Crippen LogP contribution in [0.15, 0.2) is 82.2 Å². The zero-order valence-electron chi connectivity index (χ0n) is 20.9. The SMILES string of the molecule is CC(NC(=O)N1CCC(S(=O)(=O)c2ccc(Br)cc2)CC1)c1cccc(NC(=O)Cc2ccccc2F)c1. The van der Waals surface area contributed by atoms with Crippen LogP contribution in [0.1, 0.15) is 36.9 Å². The van der Waals surface area contributed by atoms with Crippen molar-refractivity contribution in [3.05, 3.63) is 94.2 Å². The average Bonchev–Trinajstić information content (AvgIpc) is 2.90. The van der Waals surface area contributed by atoms with E-state index >= 15 is 0 Å². The van der Waals surface area contributed by atoms with E-state index in [1.165, 1.54) is 6.07 Å². The third-order valence-corrected chi connectivity index (χ3v) is 9.44. The Kier molecular flexibility index (Phi) is 8.83. The quantitative estimate of drug-likeness (QED) is 0.375. The molecule has 1 aliphatic rings. The molecule has 200 valence electrons. The van der Waals surface area contributed by atoms with Gasteiger partial charge < -0.3 is 15.5 Å². The minimum atomic E-state index is -3.47. The van der Waals surface area contributed by atoms with E-state index < -0.39 is 20.9 Å². The molecular weight excluding hydrogens is 573 g/mol. The first kappa shape index (κ1) is 27.8. The average molecular weight is 603 g/mol. The highest BCUT2D eigenvalue weighted by Gasteiger charge is 2.33. The standard InChI is InChI=1S/C28H29BrFN3O4S/c1-19(20-6-4-7-23(17-20)32-27(34)18-21-5-2-3-8-26(21)30)31-28(35)33-15-13-25(14-16-33)38(36,37)24-11-9-22(29)10-12-24/h2-12,17,19,25H,13-16,18H2,1H3,(H,31,35)(H,32,34). The summed E-state index contributed by atoms with van der Waals surface area (Å²) in [6.07, 6.45) is 0.643. The second kappa shape index (κ2) is 12.1. The van der Waals surface area contributed by atoms with Gasteiger partial charge in [0.15, 0.2) is 9.84 Å². The van der Waals surface area contributed by atoms with E-state index in [4.69, 9.17) is 0 Å². The lowest BCUT2D eigenvalue weighted by Crippen LogP contribution is -2.47. The number of nitrogens with zero attached hydrogens (tertiary/aromatic N) is 1. The van der Waals surface area contributed by atoms with Crippen molar-refractivity contribution >= 4 is 43.4 Å². The molecule has 0 aliphatic carbocycles. The number of benzene rings is 3. The number of likely N-dealkylation sites (tertiary alicyclic amines) is 1. The summed E-state index contributed by atoms with van der Waals surface area (Å²) in [6.45, 7) is 2.51. The lowest BCUT2D eigenvalue weighted by molar-refractivity contribution is -0.115.